The van der Waals surface area contributed by atoms with Crippen LogP contribution in [0.25, 0.3) is 0 Å². The van der Waals surface area contributed by atoms with Gasteiger partial charge in [-0.1, -0.05) is 42.5 Å². The quantitative estimate of drug-likeness (QED) is 0.663. The second-order valence-electron chi connectivity index (χ2n) is 4.07. The first kappa shape index (κ1) is 12.1. The molecule has 0 fully saturated rings. The van der Waals surface area contributed by atoms with Crippen LogP contribution in [0.2, 0.25) is 0 Å². The lowest BCUT2D eigenvalue weighted by Gasteiger charge is -2.13. The van der Waals surface area contributed by atoms with Gasteiger partial charge in [0.1, 0.15) is 5.75 Å². The average Bonchev–Trinajstić information content (AvgIpc) is 2.38. The van der Waals surface area contributed by atoms with Crippen molar-refractivity contribution < 1.29 is 10.0 Å². The van der Waals surface area contributed by atoms with E-state index in [9.17, 15) is 15.2 Å². The number of benzene rings is 2. The minimum Gasteiger partial charge on any atom is -0.508 e. The van der Waals surface area contributed by atoms with Crippen LogP contribution in [0.1, 0.15) is 17.0 Å². The molecule has 0 saturated carbocycles. The summed E-state index contributed by atoms with van der Waals surface area (Å²) in [6.45, 7) is -0.158. The predicted molar refractivity (Wildman–Crippen MR) is 68.3 cm³/mol. The van der Waals surface area contributed by atoms with E-state index in [1.165, 1.54) is 0 Å². The minimum absolute atomic E-state index is 0.158. The summed E-state index contributed by atoms with van der Waals surface area (Å²) in [5.41, 5.74) is 1.73. The Labute approximate surface area is 105 Å². The van der Waals surface area contributed by atoms with E-state index >= 15 is 0 Å². The third-order valence-electron chi connectivity index (χ3n) is 2.83. The molecule has 4 heteroatoms. The van der Waals surface area contributed by atoms with Gasteiger partial charge in [-0.25, -0.2) is 0 Å². The number of nitrogens with zero attached hydrogens (tertiary/aromatic N) is 1. The summed E-state index contributed by atoms with van der Waals surface area (Å²) in [4.78, 5) is 10.5. The van der Waals surface area contributed by atoms with Crippen molar-refractivity contribution in [1.82, 2.24) is 0 Å². The van der Waals surface area contributed by atoms with Crippen LogP contribution < -0.4 is 0 Å². The fraction of sp³-hybridized carbons (Fsp3) is 0.143. The maximum Gasteiger partial charge on any atom is 0.214 e. The van der Waals surface area contributed by atoms with Crippen molar-refractivity contribution in [1.29, 1.82) is 0 Å². The van der Waals surface area contributed by atoms with Gasteiger partial charge in [0, 0.05) is 4.92 Å². The van der Waals surface area contributed by atoms with Gasteiger partial charge in [0.2, 0.25) is 6.54 Å². The number of rotatable bonds is 4. The van der Waals surface area contributed by atoms with Crippen LogP contribution in [0.5, 0.6) is 5.75 Å². The zero-order valence-electron chi connectivity index (χ0n) is 9.69. The Hall–Kier alpha value is -2.36. The molecular weight excluding hydrogens is 230 g/mol. The average molecular weight is 243 g/mol. The SMILES string of the molecule is O=[N+]([O-])CC(c1ccccc1)c1ccc(O)cc1. The molecule has 0 spiro atoms. The highest BCUT2D eigenvalue weighted by Gasteiger charge is 2.19. The standard InChI is InChI=1S/C14H13NO3/c16-13-8-6-12(7-9-13)14(10-15(17)18)11-4-2-1-3-5-11/h1-9,14,16H,10H2. The van der Waals surface area contributed by atoms with Gasteiger partial charge in [-0.2, -0.15) is 0 Å². The van der Waals surface area contributed by atoms with Gasteiger partial charge in [-0.3, -0.25) is 10.1 Å². The lowest BCUT2D eigenvalue weighted by molar-refractivity contribution is -0.481. The van der Waals surface area contributed by atoms with Crippen molar-refractivity contribution in [3.05, 3.63) is 75.8 Å². The molecule has 92 valence electrons. The maximum absolute atomic E-state index is 10.8. The lowest BCUT2D eigenvalue weighted by Crippen LogP contribution is -2.13. The summed E-state index contributed by atoms with van der Waals surface area (Å²) in [6, 6.07) is 15.9. The lowest BCUT2D eigenvalue weighted by atomic mass is 9.91. The Morgan fingerprint density at radius 3 is 2.11 bits per heavy atom. The molecule has 2 aromatic rings. The molecule has 0 heterocycles. The van der Waals surface area contributed by atoms with E-state index in [1.54, 1.807) is 24.3 Å². The molecule has 4 nitrogen and oxygen atoms in total. The van der Waals surface area contributed by atoms with Crippen molar-refractivity contribution >= 4 is 0 Å². The van der Waals surface area contributed by atoms with E-state index < -0.39 is 0 Å². The normalized spacial score (nSPS) is 12.0. The Balaban J connectivity index is 2.36. The van der Waals surface area contributed by atoms with Crippen LogP contribution in [0.3, 0.4) is 0 Å². The second-order valence-corrected chi connectivity index (χ2v) is 4.07. The first-order valence-corrected chi connectivity index (χ1v) is 5.62. The highest BCUT2D eigenvalue weighted by molar-refractivity contribution is 5.35. The largest absolute Gasteiger partial charge is 0.508 e. The van der Waals surface area contributed by atoms with Crippen molar-refractivity contribution in [3.8, 4) is 5.75 Å². The van der Waals surface area contributed by atoms with E-state index in [-0.39, 0.29) is 23.1 Å². The molecule has 0 radical (unpaired) electrons. The highest BCUT2D eigenvalue weighted by Crippen LogP contribution is 2.26. The van der Waals surface area contributed by atoms with Gasteiger partial charge in [0.25, 0.3) is 0 Å². The molecule has 0 bridgehead atoms. The molecule has 2 rings (SSSR count). The molecule has 18 heavy (non-hydrogen) atoms. The number of hydrogen-bond acceptors (Lipinski definition) is 3. The topological polar surface area (TPSA) is 63.4 Å². The molecular formula is C14H13NO3. The van der Waals surface area contributed by atoms with Gasteiger partial charge < -0.3 is 5.11 Å². The summed E-state index contributed by atoms with van der Waals surface area (Å²) in [5, 5.41) is 20.0. The third kappa shape index (κ3) is 2.85. The molecule has 1 N–H and O–H groups in total. The van der Waals surface area contributed by atoms with Gasteiger partial charge in [0.05, 0.1) is 5.92 Å². The Bertz CT molecular complexity index is 522. The fourth-order valence-electron chi connectivity index (χ4n) is 1.94. The molecule has 0 aliphatic rings. The molecule has 0 amide bonds. The Kier molecular flexibility index (Phi) is 3.57. The third-order valence-corrected chi connectivity index (χ3v) is 2.83. The summed E-state index contributed by atoms with van der Waals surface area (Å²) in [5.74, 6) is -0.131. The number of aromatic hydroxyl groups is 1. The maximum atomic E-state index is 10.8. The van der Waals surface area contributed by atoms with Gasteiger partial charge in [-0.15, -0.1) is 0 Å². The van der Waals surface area contributed by atoms with Crippen LogP contribution in [-0.4, -0.2) is 16.6 Å². The van der Waals surface area contributed by atoms with Crippen LogP contribution in [0, 0.1) is 10.1 Å². The molecule has 0 saturated heterocycles. The smallest absolute Gasteiger partial charge is 0.214 e. The molecule has 1 atom stereocenters. The van der Waals surface area contributed by atoms with Crippen molar-refractivity contribution in [2.24, 2.45) is 0 Å². The number of hydrogen-bond donors (Lipinski definition) is 1. The molecule has 0 aliphatic carbocycles. The van der Waals surface area contributed by atoms with Crippen molar-refractivity contribution in [2.45, 2.75) is 5.92 Å². The van der Waals surface area contributed by atoms with Gasteiger partial charge in [0.15, 0.2) is 0 Å². The highest BCUT2D eigenvalue weighted by atomic mass is 16.6. The van der Waals surface area contributed by atoms with Crippen LogP contribution in [-0.2, 0) is 0 Å². The Morgan fingerprint density at radius 1 is 1.00 bits per heavy atom. The summed E-state index contributed by atoms with van der Waals surface area (Å²) in [6.07, 6.45) is 0. The first-order chi connectivity index (χ1) is 8.66. The second kappa shape index (κ2) is 5.31. The van der Waals surface area contributed by atoms with E-state index in [2.05, 4.69) is 0 Å². The van der Waals surface area contributed by atoms with Crippen molar-refractivity contribution in [3.63, 3.8) is 0 Å². The van der Waals surface area contributed by atoms with E-state index in [4.69, 9.17) is 0 Å². The monoisotopic (exact) mass is 243 g/mol. The zero-order valence-corrected chi connectivity index (χ0v) is 9.69. The van der Waals surface area contributed by atoms with Crippen LogP contribution in [0.15, 0.2) is 54.6 Å². The van der Waals surface area contributed by atoms with Gasteiger partial charge >= 0.3 is 0 Å². The predicted octanol–water partition coefficient (Wildman–Crippen LogP) is 2.80. The first-order valence-electron chi connectivity index (χ1n) is 5.62. The molecule has 0 aromatic heterocycles. The molecule has 2 aromatic carbocycles. The van der Waals surface area contributed by atoms with E-state index in [1.807, 2.05) is 30.3 Å². The van der Waals surface area contributed by atoms with Gasteiger partial charge in [-0.05, 0) is 23.3 Å². The number of phenols is 1. The van der Waals surface area contributed by atoms with E-state index in [0.717, 1.165) is 11.1 Å². The summed E-state index contributed by atoms with van der Waals surface area (Å²) < 4.78 is 0. The minimum atomic E-state index is -0.315. The van der Waals surface area contributed by atoms with Crippen molar-refractivity contribution in [2.75, 3.05) is 6.54 Å². The fourth-order valence-corrected chi connectivity index (χ4v) is 1.94. The number of nitro groups is 1. The zero-order chi connectivity index (χ0) is 13.0. The Morgan fingerprint density at radius 2 is 1.56 bits per heavy atom. The number of phenolic OH excluding ortho intramolecular Hbond substituents is 1. The summed E-state index contributed by atoms with van der Waals surface area (Å²) >= 11 is 0. The van der Waals surface area contributed by atoms with Crippen LogP contribution >= 0.6 is 0 Å². The van der Waals surface area contributed by atoms with E-state index in [0.29, 0.717) is 0 Å². The summed E-state index contributed by atoms with van der Waals surface area (Å²) in [7, 11) is 0. The molecule has 0 aliphatic heterocycles. The van der Waals surface area contributed by atoms with Crippen LogP contribution in [0.4, 0.5) is 0 Å². The molecule has 1 unspecified atom stereocenters.